The molecule has 1 N–H and O–H groups in total. The third-order valence-electron chi connectivity index (χ3n) is 7.53. The number of carbonyl (C=O) groups is 2. The van der Waals surface area contributed by atoms with Crippen LogP contribution < -0.4 is 5.32 Å². The topological polar surface area (TPSA) is 67.2 Å². The molecule has 1 aliphatic heterocycles. The summed E-state index contributed by atoms with van der Waals surface area (Å²) in [7, 11) is 0. The summed E-state index contributed by atoms with van der Waals surface area (Å²) in [5, 5.41) is 3.46. The van der Waals surface area contributed by atoms with E-state index in [1.807, 2.05) is 55.7 Å². The molecule has 2 amide bonds. The van der Waals surface area contributed by atoms with Crippen LogP contribution in [-0.2, 0) is 6.54 Å². The van der Waals surface area contributed by atoms with Crippen LogP contribution in [0.15, 0.2) is 79.0 Å². The number of aromatic nitrogens is 2. The molecule has 0 aliphatic carbocycles. The predicted octanol–water partition coefficient (Wildman–Crippen LogP) is 6.58. The van der Waals surface area contributed by atoms with Crippen molar-refractivity contribution < 1.29 is 22.8 Å². The van der Waals surface area contributed by atoms with E-state index in [1.165, 1.54) is 0 Å². The van der Waals surface area contributed by atoms with Gasteiger partial charge in [0, 0.05) is 18.3 Å². The van der Waals surface area contributed by atoms with Gasteiger partial charge in [0.1, 0.15) is 24.1 Å². The lowest BCUT2D eigenvalue weighted by Gasteiger charge is -2.32. The zero-order chi connectivity index (χ0) is 30.0. The Morgan fingerprint density at radius 2 is 1.52 bits per heavy atom. The van der Waals surface area contributed by atoms with Crippen LogP contribution in [0.4, 0.5) is 13.2 Å². The fourth-order valence-electron chi connectivity index (χ4n) is 5.38. The lowest BCUT2D eigenvalue weighted by molar-refractivity contribution is 0.0547. The van der Waals surface area contributed by atoms with Gasteiger partial charge in [0.15, 0.2) is 0 Å². The zero-order valence-corrected chi connectivity index (χ0v) is 23.8. The standard InChI is InChI=1S/C33H33F3N4O2/c1-33(2,3)29(37-16-15-23(18-34)40-31(41)24-11-7-8-12-25(24)32(40)42)30-38-28(26-17-22(35)13-14-27(26)36)20-39(30)19-21-9-5-4-6-10-21/h4-14,17,20,23,29,37H,15-16,18-19H2,1-3H3/t23-,29-/m0/s1. The summed E-state index contributed by atoms with van der Waals surface area (Å²) in [6.07, 6.45) is 1.89. The fraction of sp³-hybridized carbons (Fsp3) is 0.303. The first-order valence-corrected chi connectivity index (χ1v) is 13.9. The molecule has 4 aromatic rings. The van der Waals surface area contributed by atoms with E-state index in [9.17, 15) is 22.8 Å². The first-order chi connectivity index (χ1) is 20.1. The number of amides is 2. The summed E-state index contributed by atoms with van der Waals surface area (Å²) < 4.78 is 45.0. The van der Waals surface area contributed by atoms with E-state index >= 15 is 0 Å². The summed E-state index contributed by atoms with van der Waals surface area (Å²) in [4.78, 5) is 31.7. The molecule has 0 unspecified atom stereocenters. The average molecular weight is 575 g/mol. The summed E-state index contributed by atoms with van der Waals surface area (Å²) in [5.74, 6) is -1.54. The van der Waals surface area contributed by atoms with Crippen LogP contribution in [0.2, 0.25) is 0 Å². The van der Waals surface area contributed by atoms with Gasteiger partial charge < -0.3 is 9.88 Å². The Bertz CT molecular complexity index is 1560. The summed E-state index contributed by atoms with van der Waals surface area (Å²) in [6, 6.07) is 18.2. The Hall–Kier alpha value is -4.24. The number of carbonyl (C=O) groups excluding carboxylic acids is 2. The number of fused-ring (bicyclic) bond motifs is 1. The second-order valence-corrected chi connectivity index (χ2v) is 11.6. The van der Waals surface area contributed by atoms with Gasteiger partial charge in [0.2, 0.25) is 0 Å². The van der Waals surface area contributed by atoms with E-state index in [-0.39, 0.29) is 29.7 Å². The molecule has 0 radical (unpaired) electrons. The van der Waals surface area contributed by atoms with E-state index in [0.29, 0.717) is 18.1 Å². The van der Waals surface area contributed by atoms with Crippen molar-refractivity contribution in [3.63, 3.8) is 0 Å². The molecule has 218 valence electrons. The number of imide groups is 1. The molecule has 1 aliphatic rings. The molecular formula is C33H33F3N4O2. The van der Waals surface area contributed by atoms with Gasteiger partial charge in [-0.1, -0.05) is 63.2 Å². The Labute approximate surface area is 243 Å². The lowest BCUT2D eigenvalue weighted by Crippen LogP contribution is -2.44. The zero-order valence-electron chi connectivity index (χ0n) is 23.8. The summed E-state index contributed by atoms with van der Waals surface area (Å²) >= 11 is 0. The van der Waals surface area contributed by atoms with Crippen LogP contribution in [0.3, 0.4) is 0 Å². The second kappa shape index (κ2) is 11.9. The number of halogens is 3. The second-order valence-electron chi connectivity index (χ2n) is 11.6. The molecule has 2 atom stereocenters. The maximum atomic E-state index is 14.8. The highest BCUT2D eigenvalue weighted by Gasteiger charge is 2.40. The summed E-state index contributed by atoms with van der Waals surface area (Å²) in [6.45, 7) is 5.89. The number of hydrogen-bond donors (Lipinski definition) is 1. The molecule has 42 heavy (non-hydrogen) atoms. The van der Waals surface area contributed by atoms with Gasteiger partial charge in [-0.15, -0.1) is 0 Å². The molecule has 1 aromatic heterocycles. The smallest absolute Gasteiger partial charge is 0.261 e. The molecule has 0 spiro atoms. The number of benzene rings is 3. The highest BCUT2D eigenvalue weighted by molar-refractivity contribution is 6.21. The molecule has 0 fully saturated rings. The minimum Gasteiger partial charge on any atom is -0.329 e. The Balaban J connectivity index is 1.43. The van der Waals surface area contributed by atoms with Gasteiger partial charge in [-0.05, 0) is 54.3 Å². The van der Waals surface area contributed by atoms with Gasteiger partial charge in [-0.25, -0.2) is 18.2 Å². The van der Waals surface area contributed by atoms with Gasteiger partial charge in [0.05, 0.1) is 28.9 Å². The molecule has 0 bridgehead atoms. The molecular weight excluding hydrogens is 541 g/mol. The molecule has 0 saturated carbocycles. The van der Waals surface area contributed by atoms with Gasteiger partial charge in [-0.2, -0.15) is 0 Å². The van der Waals surface area contributed by atoms with Gasteiger partial charge in [-0.3, -0.25) is 14.5 Å². The Kier molecular flexibility index (Phi) is 8.31. The van der Waals surface area contributed by atoms with Crippen molar-refractivity contribution in [1.29, 1.82) is 0 Å². The minimum atomic E-state index is -0.938. The normalized spacial score (nSPS) is 14.8. The molecule has 9 heteroatoms. The first-order valence-electron chi connectivity index (χ1n) is 13.9. The monoisotopic (exact) mass is 574 g/mol. The molecule has 5 rings (SSSR count). The maximum absolute atomic E-state index is 14.8. The van der Waals surface area contributed by atoms with Crippen molar-refractivity contribution in [3.8, 4) is 11.3 Å². The number of hydrogen-bond acceptors (Lipinski definition) is 4. The third kappa shape index (κ3) is 5.87. The van der Waals surface area contributed by atoms with Crippen molar-refractivity contribution in [2.45, 2.75) is 45.8 Å². The van der Waals surface area contributed by atoms with Crippen LogP contribution in [0, 0.1) is 17.0 Å². The molecule has 2 heterocycles. The van der Waals surface area contributed by atoms with Crippen molar-refractivity contribution in [1.82, 2.24) is 19.8 Å². The number of alkyl halides is 1. The largest absolute Gasteiger partial charge is 0.329 e. The highest BCUT2D eigenvalue weighted by atomic mass is 19.1. The lowest BCUT2D eigenvalue weighted by atomic mass is 9.86. The van der Waals surface area contributed by atoms with Crippen molar-refractivity contribution in [2.75, 3.05) is 13.2 Å². The average Bonchev–Trinajstić information content (AvgIpc) is 3.48. The predicted molar refractivity (Wildman–Crippen MR) is 155 cm³/mol. The van der Waals surface area contributed by atoms with Crippen LogP contribution in [-0.4, -0.2) is 45.5 Å². The molecule has 3 aromatic carbocycles. The van der Waals surface area contributed by atoms with E-state index in [4.69, 9.17) is 4.98 Å². The fourth-order valence-corrected chi connectivity index (χ4v) is 5.38. The number of nitrogens with one attached hydrogen (secondary N) is 1. The number of rotatable bonds is 10. The Morgan fingerprint density at radius 1 is 0.881 bits per heavy atom. The minimum absolute atomic E-state index is 0.0545. The Morgan fingerprint density at radius 3 is 2.14 bits per heavy atom. The quantitative estimate of drug-likeness (QED) is 0.217. The summed E-state index contributed by atoms with van der Waals surface area (Å²) in [5.41, 5.74) is 1.50. The van der Waals surface area contributed by atoms with Crippen molar-refractivity contribution >= 4 is 11.8 Å². The van der Waals surface area contributed by atoms with Crippen LogP contribution in [0.5, 0.6) is 0 Å². The molecule has 6 nitrogen and oxygen atoms in total. The van der Waals surface area contributed by atoms with Crippen molar-refractivity contribution in [3.05, 3.63) is 113 Å². The third-order valence-corrected chi connectivity index (χ3v) is 7.53. The van der Waals surface area contributed by atoms with E-state index < -0.39 is 47.6 Å². The van der Waals surface area contributed by atoms with Crippen LogP contribution in [0.1, 0.15) is 65.3 Å². The van der Waals surface area contributed by atoms with Crippen molar-refractivity contribution in [2.24, 2.45) is 5.41 Å². The number of imidazole rings is 1. The van der Waals surface area contributed by atoms with E-state index in [2.05, 4.69) is 5.32 Å². The van der Waals surface area contributed by atoms with Crippen LogP contribution >= 0.6 is 0 Å². The van der Waals surface area contributed by atoms with Crippen LogP contribution in [0.25, 0.3) is 11.3 Å². The number of nitrogens with zero attached hydrogens (tertiary/aromatic N) is 3. The SMILES string of the molecule is CC(C)(C)[C@@H](NCC[C@@H](CF)N1C(=O)c2ccccc2C1=O)c1nc(-c2cc(F)ccc2F)cn1Cc1ccccc1. The van der Waals surface area contributed by atoms with Gasteiger partial charge >= 0.3 is 0 Å². The molecule has 0 saturated heterocycles. The first kappa shape index (κ1) is 29.3. The van der Waals surface area contributed by atoms with Gasteiger partial charge in [0.25, 0.3) is 11.8 Å². The highest BCUT2D eigenvalue weighted by Crippen LogP contribution is 2.35. The van der Waals surface area contributed by atoms with E-state index in [1.54, 1.807) is 30.5 Å². The maximum Gasteiger partial charge on any atom is 0.261 e. The van der Waals surface area contributed by atoms with E-state index in [0.717, 1.165) is 28.7 Å².